The van der Waals surface area contributed by atoms with Crippen LogP contribution in [0.4, 0.5) is 0 Å². The Morgan fingerprint density at radius 3 is 2.67 bits per heavy atom. The Bertz CT molecular complexity index is 701. The quantitative estimate of drug-likeness (QED) is 0.737. The molecule has 2 heterocycles. The van der Waals surface area contributed by atoms with Crippen LogP contribution in [0.2, 0.25) is 0 Å². The van der Waals surface area contributed by atoms with Crippen molar-refractivity contribution in [2.75, 3.05) is 0 Å². The molecule has 0 bridgehead atoms. The lowest BCUT2D eigenvalue weighted by molar-refractivity contribution is 0.659. The fourth-order valence-electron chi connectivity index (χ4n) is 2.31. The lowest BCUT2D eigenvalue weighted by atomic mass is 10.2. The number of hydrogen-bond acceptors (Lipinski definition) is 5. The predicted octanol–water partition coefficient (Wildman–Crippen LogP) is 1.29. The lowest BCUT2D eigenvalue weighted by Gasteiger charge is -2.05. The standard InChI is InChI=1S/C14H17N7/c1-10-13(8-15-9-14-16-19-20-17-14)11(2)21(18-10)12-6-4-3-5-7-12/h3-7,15H,8-9H2,1-2H3,(H,16,17,19,20). The van der Waals surface area contributed by atoms with Crippen molar-refractivity contribution in [1.82, 2.24) is 35.7 Å². The molecule has 21 heavy (non-hydrogen) atoms. The Morgan fingerprint density at radius 1 is 1.14 bits per heavy atom. The first-order valence-electron chi connectivity index (χ1n) is 6.79. The zero-order chi connectivity index (χ0) is 14.7. The summed E-state index contributed by atoms with van der Waals surface area (Å²) in [6, 6.07) is 10.1. The van der Waals surface area contributed by atoms with Crippen molar-refractivity contribution in [1.29, 1.82) is 0 Å². The summed E-state index contributed by atoms with van der Waals surface area (Å²) in [6.07, 6.45) is 0. The first kappa shape index (κ1) is 13.4. The van der Waals surface area contributed by atoms with Gasteiger partial charge < -0.3 is 5.32 Å². The second-order valence-corrected chi connectivity index (χ2v) is 4.83. The van der Waals surface area contributed by atoms with E-state index in [1.54, 1.807) is 0 Å². The third-order valence-electron chi connectivity index (χ3n) is 3.42. The van der Waals surface area contributed by atoms with Gasteiger partial charge in [0.25, 0.3) is 0 Å². The molecule has 3 rings (SSSR count). The van der Waals surface area contributed by atoms with Crippen molar-refractivity contribution >= 4 is 0 Å². The number of benzene rings is 1. The fourth-order valence-corrected chi connectivity index (χ4v) is 2.31. The molecule has 3 aromatic rings. The molecule has 0 amide bonds. The number of aromatic nitrogens is 6. The molecule has 0 atom stereocenters. The molecule has 7 nitrogen and oxygen atoms in total. The molecule has 2 aromatic heterocycles. The van der Waals surface area contributed by atoms with Gasteiger partial charge in [-0.25, -0.2) is 4.68 Å². The monoisotopic (exact) mass is 283 g/mol. The van der Waals surface area contributed by atoms with Crippen LogP contribution in [0.3, 0.4) is 0 Å². The Labute approximate surface area is 122 Å². The summed E-state index contributed by atoms with van der Waals surface area (Å²) in [4.78, 5) is 0. The second-order valence-electron chi connectivity index (χ2n) is 4.83. The third-order valence-corrected chi connectivity index (χ3v) is 3.42. The van der Waals surface area contributed by atoms with Crippen LogP contribution in [0.1, 0.15) is 22.8 Å². The Balaban J connectivity index is 1.75. The fraction of sp³-hybridized carbons (Fsp3) is 0.286. The molecule has 0 radical (unpaired) electrons. The van der Waals surface area contributed by atoms with Crippen LogP contribution in [-0.4, -0.2) is 30.4 Å². The van der Waals surface area contributed by atoms with Crippen LogP contribution in [0.5, 0.6) is 0 Å². The average molecular weight is 283 g/mol. The van der Waals surface area contributed by atoms with Gasteiger partial charge in [0.05, 0.1) is 17.9 Å². The van der Waals surface area contributed by atoms with E-state index in [4.69, 9.17) is 0 Å². The molecular formula is C14H17N7. The third kappa shape index (κ3) is 2.82. The maximum Gasteiger partial charge on any atom is 0.188 e. The maximum atomic E-state index is 4.62. The van der Waals surface area contributed by atoms with Gasteiger partial charge in [0.2, 0.25) is 0 Å². The smallest absolute Gasteiger partial charge is 0.188 e. The second kappa shape index (κ2) is 5.84. The molecule has 0 aliphatic carbocycles. The van der Waals surface area contributed by atoms with Gasteiger partial charge >= 0.3 is 0 Å². The number of H-pyrrole nitrogens is 1. The van der Waals surface area contributed by atoms with E-state index < -0.39 is 0 Å². The van der Waals surface area contributed by atoms with Gasteiger partial charge in [0.15, 0.2) is 5.82 Å². The summed E-state index contributed by atoms with van der Waals surface area (Å²) in [7, 11) is 0. The summed E-state index contributed by atoms with van der Waals surface area (Å²) in [6.45, 7) is 5.40. The van der Waals surface area contributed by atoms with Crippen molar-refractivity contribution in [3.63, 3.8) is 0 Å². The number of aromatic amines is 1. The highest BCUT2D eigenvalue weighted by atomic mass is 15.5. The molecule has 0 aliphatic rings. The minimum absolute atomic E-state index is 0.575. The first-order chi connectivity index (χ1) is 10.3. The highest BCUT2D eigenvalue weighted by Crippen LogP contribution is 2.17. The highest BCUT2D eigenvalue weighted by molar-refractivity contribution is 5.36. The molecule has 0 spiro atoms. The van der Waals surface area contributed by atoms with Gasteiger partial charge in [0.1, 0.15) is 0 Å². The van der Waals surface area contributed by atoms with Crippen molar-refractivity contribution in [2.45, 2.75) is 26.9 Å². The molecule has 7 heteroatoms. The largest absolute Gasteiger partial charge is 0.305 e. The maximum absolute atomic E-state index is 4.62. The van der Waals surface area contributed by atoms with Crippen LogP contribution in [0.15, 0.2) is 30.3 Å². The molecule has 108 valence electrons. The van der Waals surface area contributed by atoms with E-state index in [2.05, 4.69) is 50.1 Å². The number of hydrogen-bond donors (Lipinski definition) is 2. The molecule has 1 aromatic carbocycles. The molecule has 0 aliphatic heterocycles. The minimum Gasteiger partial charge on any atom is -0.305 e. The van der Waals surface area contributed by atoms with Gasteiger partial charge in [-0.3, -0.25) is 0 Å². The van der Waals surface area contributed by atoms with Crippen LogP contribution in [0, 0.1) is 13.8 Å². The summed E-state index contributed by atoms with van der Waals surface area (Å²) < 4.78 is 1.97. The van der Waals surface area contributed by atoms with Gasteiger partial charge in [-0.15, -0.1) is 10.2 Å². The van der Waals surface area contributed by atoms with Crippen LogP contribution < -0.4 is 5.32 Å². The summed E-state index contributed by atoms with van der Waals surface area (Å²) in [5.41, 5.74) is 4.43. The van der Waals surface area contributed by atoms with E-state index in [0.717, 1.165) is 23.6 Å². The number of rotatable bonds is 5. The minimum atomic E-state index is 0.575. The van der Waals surface area contributed by atoms with Gasteiger partial charge in [-0.05, 0) is 26.0 Å². The van der Waals surface area contributed by atoms with Crippen LogP contribution in [-0.2, 0) is 13.1 Å². The van der Waals surface area contributed by atoms with Crippen molar-refractivity contribution in [2.24, 2.45) is 0 Å². The number of tetrazole rings is 1. The van der Waals surface area contributed by atoms with Crippen LogP contribution in [0.25, 0.3) is 5.69 Å². The lowest BCUT2D eigenvalue weighted by Crippen LogP contribution is -2.15. The topological polar surface area (TPSA) is 84.3 Å². The first-order valence-corrected chi connectivity index (χ1v) is 6.79. The number of nitrogens with one attached hydrogen (secondary N) is 2. The SMILES string of the molecule is Cc1nn(-c2ccccc2)c(C)c1CNCc1nn[nH]n1. The van der Waals surface area contributed by atoms with Crippen LogP contribution >= 0.6 is 0 Å². The Kier molecular flexibility index (Phi) is 3.74. The zero-order valence-corrected chi connectivity index (χ0v) is 12.0. The van der Waals surface area contributed by atoms with E-state index in [1.165, 1.54) is 5.56 Å². The number of aryl methyl sites for hydroxylation is 1. The highest BCUT2D eigenvalue weighted by Gasteiger charge is 2.12. The molecule has 0 fully saturated rings. The molecular weight excluding hydrogens is 266 g/mol. The molecule has 0 saturated carbocycles. The van der Waals surface area contributed by atoms with Gasteiger partial charge in [-0.1, -0.05) is 23.4 Å². The summed E-state index contributed by atoms with van der Waals surface area (Å²) in [5.74, 6) is 0.653. The normalized spacial score (nSPS) is 11.0. The van der Waals surface area contributed by atoms with E-state index in [1.807, 2.05) is 29.8 Å². The summed E-state index contributed by atoms with van der Waals surface area (Å²) >= 11 is 0. The van der Waals surface area contributed by atoms with E-state index in [9.17, 15) is 0 Å². The van der Waals surface area contributed by atoms with Crippen molar-refractivity contribution in [3.05, 3.63) is 53.1 Å². The van der Waals surface area contributed by atoms with Gasteiger partial charge in [-0.2, -0.15) is 10.3 Å². The number of para-hydroxylation sites is 1. The summed E-state index contributed by atoms with van der Waals surface area (Å²) in [5, 5.41) is 21.7. The predicted molar refractivity (Wildman–Crippen MR) is 77.8 cm³/mol. The molecule has 0 saturated heterocycles. The van der Waals surface area contributed by atoms with Crippen molar-refractivity contribution in [3.8, 4) is 5.69 Å². The average Bonchev–Trinajstić information content (AvgIpc) is 3.11. The Hall–Kier alpha value is -2.54. The molecule has 2 N–H and O–H groups in total. The Morgan fingerprint density at radius 2 is 1.95 bits per heavy atom. The van der Waals surface area contributed by atoms with E-state index >= 15 is 0 Å². The molecule has 0 unspecified atom stereocenters. The number of nitrogens with zero attached hydrogens (tertiary/aromatic N) is 5. The van der Waals surface area contributed by atoms with Gasteiger partial charge in [0, 0.05) is 17.8 Å². The van der Waals surface area contributed by atoms with E-state index in [-0.39, 0.29) is 0 Å². The van der Waals surface area contributed by atoms with Crippen molar-refractivity contribution < 1.29 is 0 Å². The van der Waals surface area contributed by atoms with E-state index in [0.29, 0.717) is 12.4 Å². The zero-order valence-electron chi connectivity index (χ0n) is 12.0.